The molecular weight excluding hydrogens is 240 g/mol. The molecule has 1 aromatic rings. The predicted octanol–water partition coefficient (Wildman–Crippen LogP) is 1.80. The topological polar surface area (TPSA) is 50.4 Å². The van der Waals surface area contributed by atoms with Crippen molar-refractivity contribution in [3.63, 3.8) is 0 Å². The fourth-order valence-corrected chi connectivity index (χ4v) is 1.97. The molecule has 1 atom stereocenters. The second kappa shape index (κ2) is 8.67. The van der Waals surface area contributed by atoms with Gasteiger partial charge in [-0.3, -0.25) is 4.79 Å². The van der Waals surface area contributed by atoms with E-state index in [1.807, 2.05) is 12.1 Å². The highest BCUT2D eigenvalue weighted by Crippen LogP contribution is 2.16. The van der Waals surface area contributed by atoms with Crippen LogP contribution in [0.25, 0.3) is 0 Å². The van der Waals surface area contributed by atoms with Crippen molar-refractivity contribution in [3.05, 3.63) is 35.4 Å². The predicted molar refractivity (Wildman–Crippen MR) is 77.1 cm³/mol. The molecule has 0 saturated heterocycles. The fraction of sp³-hybridized carbons (Fsp3) is 0.533. The molecule has 0 fully saturated rings. The monoisotopic (exact) mass is 264 g/mol. The second-order valence-electron chi connectivity index (χ2n) is 4.63. The van der Waals surface area contributed by atoms with Crippen molar-refractivity contribution < 1.29 is 9.53 Å². The molecule has 1 rings (SSSR count). The Bertz CT molecular complexity index is 393. The van der Waals surface area contributed by atoms with Crippen molar-refractivity contribution in [1.29, 1.82) is 0 Å². The SMILES string of the molecule is COCCNC(=O)CCNC(C)c1ccccc1C. The van der Waals surface area contributed by atoms with Gasteiger partial charge in [-0.2, -0.15) is 0 Å². The summed E-state index contributed by atoms with van der Waals surface area (Å²) in [5.74, 6) is 0.0570. The van der Waals surface area contributed by atoms with E-state index in [9.17, 15) is 4.79 Å². The molecule has 0 aliphatic rings. The van der Waals surface area contributed by atoms with Crippen LogP contribution in [-0.4, -0.2) is 32.7 Å². The molecule has 0 spiro atoms. The third kappa shape index (κ3) is 5.85. The lowest BCUT2D eigenvalue weighted by atomic mass is 10.0. The van der Waals surface area contributed by atoms with Gasteiger partial charge in [0.2, 0.25) is 5.91 Å². The van der Waals surface area contributed by atoms with Gasteiger partial charge >= 0.3 is 0 Å². The molecule has 4 nitrogen and oxygen atoms in total. The number of aryl methyl sites for hydroxylation is 1. The lowest BCUT2D eigenvalue weighted by Gasteiger charge is -2.16. The third-order valence-corrected chi connectivity index (χ3v) is 3.09. The van der Waals surface area contributed by atoms with Crippen LogP contribution in [0, 0.1) is 6.92 Å². The number of benzene rings is 1. The Kier molecular flexibility index (Phi) is 7.15. The molecule has 106 valence electrons. The molecule has 1 aromatic carbocycles. The maximum Gasteiger partial charge on any atom is 0.221 e. The van der Waals surface area contributed by atoms with Crippen LogP contribution >= 0.6 is 0 Å². The molecule has 19 heavy (non-hydrogen) atoms. The average molecular weight is 264 g/mol. The second-order valence-corrected chi connectivity index (χ2v) is 4.63. The number of hydrogen-bond acceptors (Lipinski definition) is 3. The summed E-state index contributed by atoms with van der Waals surface area (Å²) in [5.41, 5.74) is 2.55. The number of rotatable bonds is 8. The molecule has 0 saturated carbocycles. The van der Waals surface area contributed by atoms with Gasteiger partial charge in [-0.25, -0.2) is 0 Å². The number of amides is 1. The number of carbonyl (C=O) groups is 1. The molecule has 1 amide bonds. The van der Waals surface area contributed by atoms with Gasteiger partial charge in [0.15, 0.2) is 0 Å². The molecule has 0 bridgehead atoms. The maximum absolute atomic E-state index is 11.5. The maximum atomic E-state index is 11.5. The first-order chi connectivity index (χ1) is 9.15. The van der Waals surface area contributed by atoms with Crippen molar-refractivity contribution in [1.82, 2.24) is 10.6 Å². The Morgan fingerprint density at radius 2 is 2.05 bits per heavy atom. The standard InChI is InChI=1S/C15H24N2O2/c1-12-6-4-5-7-14(12)13(2)16-9-8-15(18)17-10-11-19-3/h4-7,13,16H,8-11H2,1-3H3,(H,17,18). The zero-order valence-corrected chi connectivity index (χ0v) is 12.0. The summed E-state index contributed by atoms with van der Waals surface area (Å²) in [4.78, 5) is 11.5. The highest BCUT2D eigenvalue weighted by Gasteiger charge is 2.07. The third-order valence-electron chi connectivity index (χ3n) is 3.09. The molecule has 0 aromatic heterocycles. The minimum atomic E-state index is 0.0570. The summed E-state index contributed by atoms with van der Waals surface area (Å²) in [6, 6.07) is 8.55. The normalized spacial score (nSPS) is 12.2. The van der Waals surface area contributed by atoms with E-state index in [4.69, 9.17) is 4.74 Å². The quantitative estimate of drug-likeness (QED) is 0.704. The van der Waals surface area contributed by atoms with Gasteiger partial charge in [0.05, 0.1) is 6.61 Å². The number of hydrogen-bond donors (Lipinski definition) is 2. The summed E-state index contributed by atoms with van der Waals surface area (Å²) in [6.45, 7) is 6.02. The van der Waals surface area contributed by atoms with Crippen LogP contribution < -0.4 is 10.6 Å². The smallest absolute Gasteiger partial charge is 0.221 e. The van der Waals surface area contributed by atoms with Crippen molar-refractivity contribution in [2.75, 3.05) is 26.8 Å². The molecule has 0 aliphatic carbocycles. The highest BCUT2D eigenvalue weighted by atomic mass is 16.5. The Morgan fingerprint density at radius 3 is 2.74 bits per heavy atom. The summed E-state index contributed by atoms with van der Waals surface area (Å²) in [7, 11) is 1.62. The zero-order valence-electron chi connectivity index (χ0n) is 12.0. The number of carbonyl (C=O) groups excluding carboxylic acids is 1. The van der Waals surface area contributed by atoms with Gasteiger partial charge in [-0.15, -0.1) is 0 Å². The van der Waals surface area contributed by atoms with E-state index in [0.717, 1.165) is 0 Å². The van der Waals surface area contributed by atoms with Crippen LogP contribution in [0.2, 0.25) is 0 Å². The van der Waals surface area contributed by atoms with E-state index in [-0.39, 0.29) is 11.9 Å². The van der Waals surface area contributed by atoms with E-state index < -0.39 is 0 Å². The largest absolute Gasteiger partial charge is 0.383 e. The Balaban J connectivity index is 2.26. The molecule has 0 aliphatic heterocycles. The van der Waals surface area contributed by atoms with E-state index in [1.165, 1.54) is 11.1 Å². The minimum Gasteiger partial charge on any atom is -0.383 e. The number of nitrogens with one attached hydrogen (secondary N) is 2. The van der Waals surface area contributed by atoms with E-state index >= 15 is 0 Å². The lowest BCUT2D eigenvalue weighted by molar-refractivity contribution is -0.121. The average Bonchev–Trinajstić information content (AvgIpc) is 2.39. The lowest BCUT2D eigenvalue weighted by Crippen LogP contribution is -2.30. The number of methoxy groups -OCH3 is 1. The highest BCUT2D eigenvalue weighted by molar-refractivity contribution is 5.76. The molecule has 2 N–H and O–H groups in total. The van der Waals surface area contributed by atoms with E-state index in [1.54, 1.807) is 7.11 Å². The molecule has 4 heteroatoms. The molecular formula is C15H24N2O2. The minimum absolute atomic E-state index is 0.0570. The summed E-state index contributed by atoms with van der Waals surface area (Å²) >= 11 is 0. The van der Waals surface area contributed by atoms with Gasteiger partial charge in [0.1, 0.15) is 0 Å². The van der Waals surface area contributed by atoms with Gasteiger partial charge in [0.25, 0.3) is 0 Å². The molecule has 1 unspecified atom stereocenters. The Morgan fingerprint density at radius 1 is 1.32 bits per heavy atom. The first-order valence-electron chi connectivity index (χ1n) is 6.69. The summed E-state index contributed by atoms with van der Waals surface area (Å²) < 4.78 is 4.88. The molecule has 0 heterocycles. The van der Waals surface area contributed by atoms with Crippen LogP contribution in [-0.2, 0) is 9.53 Å². The van der Waals surface area contributed by atoms with Crippen molar-refractivity contribution in [2.45, 2.75) is 26.3 Å². The van der Waals surface area contributed by atoms with Crippen LogP contribution in [0.5, 0.6) is 0 Å². The Hall–Kier alpha value is -1.39. The van der Waals surface area contributed by atoms with Crippen LogP contribution in [0.3, 0.4) is 0 Å². The van der Waals surface area contributed by atoms with Crippen LogP contribution in [0.1, 0.15) is 30.5 Å². The number of ether oxygens (including phenoxy) is 1. The summed E-state index contributed by atoms with van der Waals surface area (Å²) in [5, 5.41) is 6.17. The summed E-state index contributed by atoms with van der Waals surface area (Å²) in [6.07, 6.45) is 0.486. The Labute approximate surface area is 115 Å². The van der Waals surface area contributed by atoms with Gasteiger partial charge in [-0.05, 0) is 25.0 Å². The van der Waals surface area contributed by atoms with Crippen molar-refractivity contribution in [2.24, 2.45) is 0 Å². The fourth-order valence-electron chi connectivity index (χ4n) is 1.97. The first kappa shape index (κ1) is 15.7. The van der Waals surface area contributed by atoms with Crippen molar-refractivity contribution in [3.8, 4) is 0 Å². The first-order valence-corrected chi connectivity index (χ1v) is 6.69. The van der Waals surface area contributed by atoms with E-state index in [2.05, 4.69) is 36.6 Å². The van der Waals surface area contributed by atoms with E-state index in [0.29, 0.717) is 26.1 Å². The van der Waals surface area contributed by atoms with Gasteiger partial charge in [0, 0.05) is 32.7 Å². The van der Waals surface area contributed by atoms with Gasteiger partial charge in [-0.1, -0.05) is 24.3 Å². The van der Waals surface area contributed by atoms with Gasteiger partial charge < -0.3 is 15.4 Å². The van der Waals surface area contributed by atoms with Crippen LogP contribution in [0.4, 0.5) is 0 Å². The van der Waals surface area contributed by atoms with Crippen LogP contribution in [0.15, 0.2) is 24.3 Å². The molecule has 0 radical (unpaired) electrons. The zero-order chi connectivity index (χ0) is 14.1. The van der Waals surface area contributed by atoms with Crippen molar-refractivity contribution >= 4 is 5.91 Å².